The van der Waals surface area contributed by atoms with E-state index in [-0.39, 0.29) is 18.1 Å². The maximum atomic E-state index is 12.2. The average molecular weight is 275 g/mol. The molecule has 0 spiro atoms. The highest BCUT2D eigenvalue weighted by Gasteiger charge is 2.23. The Morgan fingerprint density at radius 1 is 1.40 bits per heavy atom. The molecule has 0 aromatic heterocycles. The van der Waals surface area contributed by atoms with Gasteiger partial charge in [-0.05, 0) is 50.3 Å². The van der Waals surface area contributed by atoms with Crippen molar-refractivity contribution >= 4 is 5.91 Å². The predicted octanol–water partition coefficient (Wildman–Crippen LogP) is 3.33. The number of rotatable bonds is 6. The fraction of sp³-hybridized carbons (Fsp3) is 0.588. The van der Waals surface area contributed by atoms with Crippen LogP contribution in [0.5, 0.6) is 0 Å². The number of amides is 1. The molecule has 0 saturated carbocycles. The summed E-state index contributed by atoms with van der Waals surface area (Å²) >= 11 is 0. The first kappa shape index (κ1) is 15.0. The van der Waals surface area contributed by atoms with Crippen LogP contribution in [0.15, 0.2) is 24.3 Å². The van der Waals surface area contributed by atoms with Crippen LogP contribution >= 0.6 is 0 Å². The van der Waals surface area contributed by atoms with Crippen LogP contribution in [0, 0.1) is 0 Å². The van der Waals surface area contributed by atoms with E-state index in [2.05, 4.69) is 24.4 Å². The number of ether oxygens (including phenoxy) is 1. The number of aryl methyl sites for hydroxylation is 1. The van der Waals surface area contributed by atoms with E-state index in [9.17, 15) is 4.79 Å². The number of carbonyl (C=O) groups is 1. The molecule has 1 fully saturated rings. The smallest absolute Gasteiger partial charge is 0.251 e. The van der Waals surface area contributed by atoms with E-state index in [0.29, 0.717) is 0 Å². The van der Waals surface area contributed by atoms with Gasteiger partial charge in [0.2, 0.25) is 0 Å². The average Bonchev–Trinajstić information content (AvgIpc) is 3.00. The molecule has 0 radical (unpaired) electrons. The van der Waals surface area contributed by atoms with E-state index < -0.39 is 0 Å². The molecule has 0 unspecified atom stereocenters. The number of unbranched alkanes of at least 4 members (excludes halogenated alkanes) is 1. The van der Waals surface area contributed by atoms with Crippen molar-refractivity contribution in [2.45, 2.75) is 58.1 Å². The van der Waals surface area contributed by atoms with E-state index >= 15 is 0 Å². The maximum Gasteiger partial charge on any atom is 0.251 e. The van der Waals surface area contributed by atoms with Gasteiger partial charge in [0.05, 0.1) is 12.1 Å². The second-order valence-electron chi connectivity index (χ2n) is 5.61. The molecule has 2 rings (SSSR count). The normalized spacial score (nSPS) is 19.8. The molecule has 1 aliphatic heterocycles. The molecule has 0 aliphatic carbocycles. The first-order chi connectivity index (χ1) is 9.70. The van der Waals surface area contributed by atoms with E-state index in [1.54, 1.807) is 0 Å². The molecule has 2 atom stereocenters. The number of hydrogen-bond donors (Lipinski definition) is 1. The minimum absolute atomic E-state index is 0.00459. The van der Waals surface area contributed by atoms with E-state index in [4.69, 9.17) is 4.74 Å². The summed E-state index contributed by atoms with van der Waals surface area (Å²) in [4.78, 5) is 12.2. The molecule has 1 N–H and O–H groups in total. The number of hydrogen-bond acceptors (Lipinski definition) is 2. The molecule has 1 heterocycles. The molecule has 3 heteroatoms. The quantitative estimate of drug-likeness (QED) is 0.865. The summed E-state index contributed by atoms with van der Waals surface area (Å²) in [6.07, 6.45) is 5.78. The lowest BCUT2D eigenvalue weighted by Crippen LogP contribution is -2.40. The van der Waals surface area contributed by atoms with Gasteiger partial charge in [-0.2, -0.15) is 0 Å². The summed E-state index contributed by atoms with van der Waals surface area (Å²) in [7, 11) is 0. The first-order valence-corrected chi connectivity index (χ1v) is 7.72. The van der Waals surface area contributed by atoms with Crippen LogP contribution in [-0.4, -0.2) is 24.7 Å². The van der Waals surface area contributed by atoms with Gasteiger partial charge in [0.25, 0.3) is 5.91 Å². The minimum Gasteiger partial charge on any atom is -0.376 e. The van der Waals surface area contributed by atoms with Gasteiger partial charge < -0.3 is 10.1 Å². The highest BCUT2D eigenvalue weighted by Crippen LogP contribution is 2.16. The Bertz CT molecular complexity index is 421. The maximum absolute atomic E-state index is 12.2. The summed E-state index contributed by atoms with van der Waals surface area (Å²) in [6.45, 7) is 5.02. The lowest BCUT2D eigenvalue weighted by Gasteiger charge is -2.20. The third kappa shape index (κ3) is 4.07. The second kappa shape index (κ2) is 7.44. The Morgan fingerprint density at radius 2 is 2.15 bits per heavy atom. The Hall–Kier alpha value is -1.35. The van der Waals surface area contributed by atoms with Gasteiger partial charge in [-0.15, -0.1) is 0 Å². The topological polar surface area (TPSA) is 38.3 Å². The van der Waals surface area contributed by atoms with Gasteiger partial charge in [-0.3, -0.25) is 4.79 Å². The number of carbonyl (C=O) groups excluding carboxylic acids is 1. The number of nitrogens with one attached hydrogen (secondary N) is 1. The van der Waals surface area contributed by atoms with Crippen molar-refractivity contribution < 1.29 is 9.53 Å². The third-order valence-corrected chi connectivity index (χ3v) is 3.92. The van der Waals surface area contributed by atoms with Gasteiger partial charge in [0, 0.05) is 12.2 Å². The monoisotopic (exact) mass is 275 g/mol. The van der Waals surface area contributed by atoms with Gasteiger partial charge >= 0.3 is 0 Å². The van der Waals surface area contributed by atoms with E-state index in [1.807, 2.05) is 19.1 Å². The molecule has 1 aromatic carbocycles. The molecule has 20 heavy (non-hydrogen) atoms. The van der Waals surface area contributed by atoms with Crippen molar-refractivity contribution in [1.29, 1.82) is 0 Å². The van der Waals surface area contributed by atoms with Gasteiger partial charge in [-0.1, -0.05) is 25.5 Å². The fourth-order valence-electron chi connectivity index (χ4n) is 2.58. The SMILES string of the molecule is CCCCc1ccc(C(=O)N[C@H](C)[C@@H]2CCCO2)cc1. The molecule has 1 aromatic rings. The van der Waals surface area contributed by atoms with Crippen molar-refractivity contribution in [3.63, 3.8) is 0 Å². The Kier molecular flexibility index (Phi) is 5.60. The third-order valence-electron chi connectivity index (χ3n) is 3.92. The zero-order valence-electron chi connectivity index (χ0n) is 12.5. The fourth-order valence-corrected chi connectivity index (χ4v) is 2.58. The molecule has 1 amide bonds. The summed E-state index contributed by atoms with van der Waals surface area (Å²) in [5.74, 6) is -0.00459. The second-order valence-corrected chi connectivity index (χ2v) is 5.61. The van der Waals surface area contributed by atoms with E-state index in [0.717, 1.165) is 31.4 Å². The standard InChI is InChI=1S/C17H25NO2/c1-3-4-6-14-8-10-15(11-9-14)17(19)18-13(2)16-7-5-12-20-16/h8-11,13,16H,3-7,12H2,1-2H3,(H,18,19)/t13-,16+/m1/s1. The summed E-state index contributed by atoms with van der Waals surface area (Å²) in [5, 5.41) is 3.04. The van der Waals surface area contributed by atoms with Crippen molar-refractivity contribution in [3.05, 3.63) is 35.4 Å². The van der Waals surface area contributed by atoms with Gasteiger partial charge in [0.15, 0.2) is 0 Å². The predicted molar refractivity (Wildman–Crippen MR) is 81.0 cm³/mol. The van der Waals surface area contributed by atoms with Crippen LogP contribution in [-0.2, 0) is 11.2 Å². The highest BCUT2D eigenvalue weighted by atomic mass is 16.5. The lowest BCUT2D eigenvalue weighted by molar-refractivity contribution is 0.0712. The summed E-state index contributed by atoms with van der Waals surface area (Å²) in [5.41, 5.74) is 2.03. The number of benzene rings is 1. The summed E-state index contributed by atoms with van der Waals surface area (Å²) < 4.78 is 5.60. The van der Waals surface area contributed by atoms with Crippen molar-refractivity contribution in [1.82, 2.24) is 5.32 Å². The zero-order valence-corrected chi connectivity index (χ0v) is 12.5. The molecular formula is C17H25NO2. The van der Waals surface area contributed by atoms with Gasteiger partial charge in [-0.25, -0.2) is 0 Å². The molecule has 1 saturated heterocycles. The van der Waals surface area contributed by atoms with Crippen LogP contribution in [0.4, 0.5) is 0 Å². The Balaban J connectivity index is 1.88. The molecule has 1 aliphatic rings. The Morgan fingerprint density at radius 3 is 2.75 bits per heavy atom. The van der Waals surface area contributed by atoms with Crippen molar-refractivity contribution in [2.24, 2.45) is 0 Å². The minimum atomic E-state index is -0.00459. The highest BCUT2D eigenvalue weighted by molar-refractivity contribution is 5.94. The van der Waals surface area contributed by atoms with Crippen LogP contribution in [0.2, 0.25) is 0 Å². The zero-order chi connectivity index (χ0) is 14.4. The van der Waals surface area contributed by atoms with Crippen molar-refractivity contribution in [2.75, 3.05) is 6.61 Å². The van der Waals surface area contributed by atoms with Gasteiger partial charge in [0.1, 0.15) is 0 Å². The van der Waals surface area contributed by atoms with Crippen LogP contribution in [0.1, 0.15) is 55.5 Å². The molecule has 0 bridgehead atoms. The molecule has 110 valence electrons. The molecular weight excluding hydrogens is 250 g/mol. The largest absolute Gasteiger partial charge is 0.376 e. The molecule has 3 nitrogen and oxygen atoms in total. The Labute approximate surface area is 121 Å². The van der Waals surface area contributed by atoms with Crippen LogP contribution < -0.4 is 5.32 Å². The summed E-state index contributed by atoms with van der Waals surface area (Å²) in [6, 6.07) is 8.03. The van der Waals surface area contributed by atoms with Crippen LogP contribution in [0.3, 0.4) is 0 Å². The van der Waals surface area contributed by atoms with Crippen molar-refractivity contribution in [3.8, 4) is 0 Å². The first-order valence-electron chi connectivity index (χ1n) is 7.72. The van der Waals surface area contributed by atoms with E-state index in [1.165, 1.54) is 18.4 Å². The van der Waals surface area contributed by atoms with Crippen LogP contribution in [0.25, 0.3) is 0 Å². The lowest BCUT2D eigenvalue weighted by atomic mass is 10.1.